The smallest absolute Gasteiger partial charge is 0.289 e. The molecule has 0 bridgehead atoms. The fraction of sp³-hybridized carbons (Fsp3) is 0.500. The van der Waals surface area contributed by atoms with Crippen LogP contribution >= 0.6 is 15.9 Å². The summed E-state index contributed by atoms with van der Waals surface area (Å²) in [5, 5.41) is 11.0. The number of nitrogens with one attached hydrogen (secondary N) is 1. The Morgan fingerprint density at radius 3 is 2.81 bits per heavy atom. The van der Waals surface area contributed by atoms with Crippen LogP contribution in [0.25, 0.3) is 0 Å². The molecule has 9 heteroatoms. The molecule has 116 valence electrons. The highest BCUT2D eigenvalue weighted by Crippen LogP contribution is 2.28. The van der Waals surface area contributed by atoms with Crippen LogP contribution in [0.2, 0.25) is 0 Å². The van der Waals surface area contributed by atoms with Gasteiger partial charge in [-0.1, -0.05) is 15.9 Å². The van der Waals surface area contributed by atoms with Crippen LogP contribution in [0.3, 0.4) is 0 Å². The zero-order valence-electron chi connectivity index (χ0n) is 11.3. The summed E-state index contributed by atoms with van der Waals surface area (Å²) in [7, 11) is -3.97. The van der Waals surface area contributed by atoms with Crippen LogP contribution in [-0.4, -0.2) is 32.6 Å². The molecule has 1 aliphatic rings. The topological polar surface area (TPSA) is 98.5 Å². The molecule has 0 radical (unpaired) electrons. The molecular formula is C12H15BrN2O5S. The van der Waals surface area contributed by atoms with Crippen LogP contribution in [0.15, 0.2) is 27.6 Å². The number of nitro groups is 1. The summed E-state index contributed by atoms with van der Waals surface area (Å²) in [6.45, 7) is 2.83. The van der Waals surface area contributed by atoms with Crippen molar-refractivity contribution in [2.75, 3.05) is 13.2 Å². The number of hydrogen-bond acceptors (Lipinski definition) is 5. The third-order valence-corrected chi connectivity index (χ3v) is 5.50. The molecule has 1 N–H and O–H groups in total. The lowest BCUT2D eigenvalue weighted by Crippen LogP contribution is -2.38. The minimum absolute atomic E-state index is 0.0750. The van der Waals surface area contributed by atoms with Gasteiger partial charge in [0.15, 0.2) is 4.90 Å². The second kappa shape index (κ2) is 6.39. The number of ether oxygens (including phenoxy) is 1. The Morgan fingerprint density at radius 1 is 1.52 bits per heavy atom. The van der Waals surface area contributed by atoms with Crippen molar-refractivity contribution in [2.45, 2.75) is 24.3 Å². The molecule has 0 saturated carbocycles. The highest BCUT2D eigenvalue weighted by Gasteiger charge is 2.31. The Labute approximate surface area is 131 Å². The van der Waals surface area contributed by atoms with Crippen molar-refractivity contribution in [2.24, 2.45) is 5.92 Å². The average molecular weight is 379 g/mol. The van der Waals surface area contributed by atoms with Gasteiger partial charge in [0, 0.05) is 29.1 Å². The number of sulfonamides is 1. The van der Waals surface area contributed by atoms with E-state index in [1.54, 1.807) is 6.92 Å². The molecule has 0 aliphatic carbocycles. The number of hydrogen-bond donors (Lipinski definition) is 1. The third-order valence-electron chi connectivity index (χ3n) is 3.42. The predicted molar refractivity (Wildman–Crippen MR) is 79.5 cm³/mol. The van der Waals surface area contributed by atoms with Crippen LogP contribution in [-0.2, 0) is 14.8 Å². The van der Waals surface area contributed by atoms with Gasteiger partial charge in [-0.2, -0.15) is 0 Å². The van der Waals surface area contributed by atoms with Gasteiger partial charge in [0.25, 0.3) is 5.69 Å². The van der Waals surface area contributed by atoms with E-state index in [4.69, 9.17) is 4.74 Å². The van der Waals surface area contributed by atoms with Crippen molar-refractivity contribution in [3.8, 4) is 0 Å². The van der Waals surface area contributed by atoms with Gasteiger partial charge in [-0.15, -0.1) is 0 Å². The van der Waals surface area contributed by atoms with E-state index < -0.39 is 20.6 Å². The van der Waals surface area contributed by atoms with Crippen LogP contribution in [0.4, 0.5) is 5.69 Å². The monoisotopic (exact) mass is 378 g/mol. The van der Waals surface area contributed by atoms with Crippen LogP contribution in [0, 0.1) is 16.0 Å². The summed E-state index contributed by atoms with van der Waals surface area (Å²) in [6.07, 6.45) is 0.768. The van der Waals surface area contributed by atoms with Gasteiger partial charge in [0.2, 0.25) is 10.0 Å². The SMILES string of the molecule is CC(NS(=O)(=O)c1cc(Br)ccc1[N+](=O)[O-])C1CCOC1. The van der Waals surface area contributed by atoms with E-state index in [0.29, 0.717) is 17.7 Å². The molecule has 1 aliphatic heterocycles. The summed E-state index contributed by atoms with van der Waals surface area (Å²) in [4.78, 5) is 9.96. The first kappa shape index (κ1) is 16.3. The van der Waals surface area contributed by atoms with E-state index in [2.05, 4.69) is 20.7 Å². The lowest BCUT2D eigenvalue weighted by atomic mass is 10.0. The van der Waals surface area contributed by atoms with Gasteiger partial charge in [0.05, 0.1) is 11.5 Å². The number of nitro benzene ring substituents is 1. The number of halogens is 1. The summed E-state index contributed by atoms with van der Waals surface area (Å²) in [5.74, 6) is 0.0750. The second-order valence-corrected chi connectivity index (χ2v) is 7.50. The normalized spacial score (nSPS) is 20.4. The lowest BCUT2D eigenvalue weighted by molar-refractivity contribution is -0.387. The molecule has 0 aromatic heterocycles. The molecule has 0 amide bonds. The predicted octanol–water partition coefficient (Wildman–Crippen LogP) is 2.06. The maximum Gasteiger partial charge on any atom is 0.289 e. The standard InChI is InChI=1S/C12H15BrN2O5S/c1-8(9-4-5-20-7-9)14-21(18,19)12-6-10(13)2-3-11(12)15(16)17/h2-3,6,8-9,14H,4-5,7H2,1H3. The average Bonchev–Trinajstić information content (AvgIpc) is 2.91. The first-order chi connectivity index (χ1) is 9.81. The maximum atomic E-state index is 12.4. The number of benzene rings is 1. The number of rotatable bonds is 5. The summed E-state index contributed by atoms with van der Waals surface area (Å²) >= 11 is 3.14. The summed E-state index contributed by atoms with van der Waals surface area (Å²) < 4.78 is 33.0. The van der Waals surface area contributed by atoms with E-state index in [-0.39, 0.29) is 16.9 Å². The molecule has 0 spiro atoms. The quantitative estimate of drug-likeness (QED) is 0.624. The molecule has 1 fully saturated rings. The zero-order valence-corrected chi connectivity index (χ0v) is 13.7. The molecule has 7 nitrogen and oxygen atoms in total. The molecule has 2 rings (SSSR count). The first-order valence-electron chi connectivity index (χ1n) is 6.35. The minimum Gasteiger partial charge on any atom is -0.381 e. The molecule has 2 atom stereocenters. The van der Waals surface area contributed by atoms with Gasteiger partial charge in [-0.3, -0.25) is 10.1 Å². The van der Waals surface area contributed by atoms with E-state index >= 15 is 0 Å². The maximum absolute atomic E-state index is 12.4. The van der Waals surface area contributed by atoms with Gasteiger partial charge in [0.1, 0.15) is 0 Å². The molecule has 1 saturated heterocycles. The summed E-state index contributed by atoms with van der Waals surface area (Å²) in [5.41, 5.74) is -0.444. The Hall–Kier alpha value is -1.03. The fourth-order valence-electron chi connectivity index (χ4n) is 2.21. The van der Waals surface area contributed by atoms with Crippen LogP contribution in [0.1, 0.15) is 13.3 Å². The molecule has 2 unspecified atom stereocenters. The Balaban J connectivity index is 2.30. The Morgan fingerprint density at radius 2 is 2.24 bits per heavy atom. The highest BCUT2D eigenvalue weighted by atomic mass is 79.9. The number of nitrogens with zero attached hydrogens (tertiary/aromatic N) is 1. The van der Waals surface area contributed by atoms with E-state index in [1.807, 2.05) is 0 Å². The molecule has 21 heavy (non-hydrogen) atoms. The highest BCUT2D eigenvalue weighted by molar-refractivity contribution is 9.10. The second-order valence-electron chi connectivity index (χ2n) is 4.90. The van der Waals surface area contributed by atoms with E-state index in [1.165, 1.54) is 18.2 Å². The molecule has 1 heterocycles. The zero-order chi connectivity index (χ0) is 15.6. The lowest BCUT2D eigenvalue weighted by Gasteiger charge is -2.19. The fourth-order valence-corrected chi connectivity index (χ4v) is 4.23. The Bertz CT molecular complexity index is 643. The molecule has 1 aromatic rings. The molecule has 1 aromatic carbocycles. The van der Waals surface area contributed by atoms with Crippen LogP contribution in [0.5, 0.6) is 0 Å². The van der Waals surface area contributed by atoms with Gasteiger partial charge in [-0.05, 0) is 25.5 Å². The third kappa shape index (κ3) is 3.79. The van der Waals surface area contributed by atoms with Crippen molar-refractivity contribution in [1.82, 2.24) is 4.72 Å². The Kier molecular flexibility index (Phi) is 4.97. The van der Waals surface area contributed by atoms with Crippen molar-refractivity contribution in [1.29, 1.82) is 0 Å². The van der Waals surface area contributed by atoms with Crippen molar-refractivity contribution < 1.29 is 18.1 Å². The molecular weight excluding hydrogens is 364 g/mol. The van der Waals surface area contributed by atoms with Crippen LogP contribution < -0.4 is 4.72 Å². The minimum atomic E-state index is -3.97. The van der Waals surface area contributed by atoms with Crippen molar-refractivity contribution in [3.63, 3.8) is 0 Å². The summed E-state index contributed by atoms with van der Waals surface area (Å²) in [6, 6.07) is 3.49. The van der Waals surface area contributed by atoms with E-state index in [9.17, 15) is 18.5 Å². The first-order valence-corrected chi connectivity index (χ1v) is 8.63. The van der Waals surface area contributed by atoms with Gasteiger partial charge in [-0.25, -0.2) is 13.1 Å². The van der Waals surface area contributed by atoms with Crippen molar-refractivity contribution >= 4 is 31.6 Å². The van der Waals surface area contributed by atoms with E-state index in [0.717, 1.165) is 6.42 Å². The van der Waals surface area contributed by atoms with Gasteiger partial charge >= 0.3 is 0 Å². The van der Waals surface area contributed by atoms with Crippen molar-refractivity contribution in [3.05, 3.63) is 32.8 Å². The largest absolute Gasteiger partial charge is 0.381 e. The van der Waals surface area contributed by atoms with Gasteiger partial charge < -0.3 is 4.74 Å².